The van der Waals surface area contributed by atoms with Crippen LogP contribution >= 0.6 is 0 Å². The minimum absolute atomic E-state index is 0.254. The molecule has 0 saturated carbocycles. The molecule has 1 aromatic heterocycles. The number of nitrogens with two attached hydrogens (primary N) is 1. The van der Waals surface area contributed by atoms with Gasteiger partial charge >= 0.3 is 0 Å². The van der Waals surface area contributed by atoms with Gasteiger partial charge < -0.3 is 15.1 Å². The van der Waals surface area contributed by atoms with Crippen LogP contribution in [0, 0.1) is 6.92 Å². The second-order valence-corrected chi connectivity index (χ2v) is 4.20. The molecule has 2 rings (SSSR count). The first-order valence-corrected chi connectivity index (χ1v) is 5.01. The number of aromatic nitrogens is 1. The van der Waals surface area contributed by atoms with Gasteiger partial charge in [0.2, 0.25) is 0 Å². The molecule has 0 radical (unpaired) electrons. The van der Waals surface area contributed by atoms with Gasteiger partial charge in [-0.2, -0.15) is 0 Å². The Morgan fingerprint density at radius 3 is 2.93 bits per heavy atom. The van der Waals surface area contributed by atoms with E-state index < -0.39 is 0 Å². The maximum atomic E-state index is 5.96. The lowest BCUT2D eigenvalue weighted by Crippen LogP contribution is -2.44. The second kappa shape index (κ2) is 3.71. The first kappa shape index (κ1) is 9.68. The van der Waals surface area contributed by atoms with E-state index in [-0.39, 0.29) is 6.04 Å². The Morgan fingerprint density at radius 1 is 1.57 bits per heavy atom. The van der Waals surface area contributed by atoms with Crippen molar-refractivity contribution in [3.8, 4) is 0 Å². The van der Waals surface area contributed by atoms with Gasteiger partial charge in [0.1, 0.15) is 5.76 Å². The van der Waals surface area contributed by atoms with E-state index in [1.165, 1.54) is 0 Å². The van der Waals surface area contributed by atoms with Gasteiger partial charge in [0.15, 0.2) is 5.89 Å². The number of oxazole rings is 1. The van der Waals surface area contributed by atoms with Crippen LogP contribution in [0.3, 0.4) is 0 Å². The first-order chi connectivity index (χ1) is 6.65. The molecule has 4 heteroatoms. The molecule has 1 aliphatic rings. The zero-order valence-corrected chi connectivity index (χ0v) is 8.73. The number of aryl methyl sites for hydroxylation is 1. The van der Waals surface area contributed by atoms with Crippen LogP contribution in [-0.4, -0.2) is 36.1 Å². The van der Waals surface area contributed by atoms with E-state index in [9.17, 15) is 0 Å². The van der Waals surface area contributed by atoms with Gasteiger partial charge in [-0.3, -0.25) is 0 Å². The van der Waals surface area contributed by atoms with Crippen molar-refractivity contribution in [3.63, 3.8) is 0 Å². The molecule has 1 fully saturated rings. The van der Waals surface area contributed by atoms with Crippen molar-refractivity contribution in [1.29, 1.82) is 0 Å². The summed E-state index contributed by atoms with van der Waals surface area (Å²) < 4.78 is 5.53. The maximum absolute atomic E-state index is 5.96. The highest BCUT2D eigenvalue weighted by atomic mass is 16.4. The summed E-state index contributed by atoms with van der Waals surface area (Å²) >= 11 is 0. The van der Waals surface area contributed by atoms with Gasteiger partial charge in [-0.25, -0.2) is 4.98 Å². The fraction of sp³-hybridized carbons (Fsp3) is 0.700. The molecule has 2 atom stereocenters. The van der Waals surface area contributed by atoms with Crippen LogP contribution in [0.1, 0.15) is 24.0 Å². The minimum Gasteiger partial charge on any atom is -0.446 e. The molecule has 2 heterocycles. The van der Waals surface area contributed by atoms with Crippen LogP contribution in [0.15, 0.2) is 10.6 Å². The van der Waals surface area contributed by atoms with Crippen LogP contribution in [0.4, 0.5) is 0 Å². The Labute approximate surface area is 84.1 Å². The highest BCUT2D eigenvalue weighted by Gasteiger charge is 2.26. The lowest BCUT2D eigenvalue weighted by molar-refractivity contribution is 0.211. The van der Waals surface area contributed by atoms with Crippen LogP contribution in [0.25, 0.3) is 0 Å². The van der Waals surface area contributed by atoms with Crippen LogP contribution in [0.5, 0.6) is 0 Å². The molecular weight excluding hydrogens is 178 g/mol. The van der Waals surface area contributed by atoms with Crippen LogP contribution in [0.2, 0.25) is 0 Å². The summed E-state index contributed by atoms with van der Waals surface area (Å²) in [6.45, 7) is 3.86. The predicted molar refractivity (Wildman–Crippen MR) is 54.1 cm³/mol. The van der Waals surface area contributed by atoms with Gasteiger partial charge in [-0.05, 0) is 13.5 Å². The van der Waals surface area contributed by atoms with E-state index >= 15 is 0 Å². The number of likely N-dealkylation sites (tertiary alicyclic amines) is 1. The molecule has 0 bridgehead atoms. The van der Waals surface area contributed by atoms with Crippen LogP contribution in [-0.2, 0) is 0 Å². The summed E-state index contributed by atoms with van der Waals surface area (Å²) in [5.74, 6) is 2.12. The van der Waals surface area contributed by atoms with Crippen molar-refractivity contribution in [3.05, 3.63) is 17.8 Å². The Balaban J connectivity index is 2.10. The van der Waals surface area contributed by atoms with Gasteiger partial charge in [0.05, 0.1) is 6.20 Å². The van der Waals surface area contributed by atoms with Gasteiger partial charge in [-0.15, -0.1) is 0 Å². The molecular formula is C10H17N3O. The average Bonchev–Trinajstić information content (AvgIpc) is 2.50. The summed E-state index contributed by atoms with van der Waals surface area (Å²) in [5.41, 5.74) is 5.96. The van der Waals surface area contributed by atoms with Crippen LogP contribution < -0.4 is 5.73 Å². The summed E-state index contributed by atoms with van der Waals surface area (Å²) in [6.07, 6.45) is 2.82. The molecule has 14 heavy (non-hydrogen) atoms. The number of likely N-dealkylation sites (N-methyl/N-ethyl adjacent to an activating group) is 1. The van der Waals surface area contributed by atoms with Gasteiger partial charge in [0, 0.05) is 32.0 Å². The lowest BCUT2D eigenvalue weighted by atomic mass is 9.93. The third-order valence-corrected chi connectivity index (χ3v) is 2.71. The minimum atomic E-state index is 0.254. The van der Waals surface area contributed by atoms with Gasteiger partial charge in [0.25, 0.3) is 0 Å². The van der Waals surface area contributed by atoms with Crippen molar-refractivity contribution in [2.24, 2.45) is 5.73 Å². The number of nitrogens with zero attached hydrogens (tertiary/aromatic N) is 2. The molecule has 2 N–H and O–H groups in total. The Morgan fingerprint density at radius 2 is 2.36 bits per heavy atom. The first-order valence-electron chi connectivity index (χ1n) is 5.01. The van der Waals surface area contributed by atoms with Crippen molar-refractivity contribution in [1.82, 2.24) is 9.88 Å². The molecule has 0 aromatic carbocycles. The number of hydrogen-bond acceptors (Lipinski definition) is 4. The summed E-state index contributed by atoms with van der Waals surface area (Å²) in [6, 6.07) is 0.254. The molecule has 78 valence electrons. The maximum Gasteiger partial charge on any atom is 0.191 e. The summed E-state index contributed by atoms with van der Waals surface area (Å²) in [5, 5.41) is 0. The Hall–Kier alpha value is -0.870. The average molecular weight is 195 g/mol. The second-order valence-electron chi connectivity index (χ2n) is 4.20. The quantitative estimate of drug-likeness (QED) is 0.717. The third kappa shape index (κ3) is 1.96. The molecule has 2 unspecified atom stereocenters. The third-order valence-electron chi connectivity index (χ3n) is 2.71. The normalized spacial score (nSPS) is 29.4. The summed E-state index contributed by atoms with van der Waals surface area (Å²) in [4.78, 5) is 6.36. The highest BCUT2D eigenvalue weighted by Crippen LogP contribution is 2.25. The standard InChI is InChI=1S/C10H17N3O/c1-7-12-4-10(14-7)8-3-9(11)6-13(2)5-8/h4,8-9H,3,5-6,11H2,1-2H3. The van der Waals surface area contributed by atoms with Crippen molar-refractivity contribution in [2.45, 2.75) is 25.3 Å². The smallest absolute Gasteiger partial charge is 0.191 e. The number of rotatable bonds is 1. The molecule has 4 nitrogen and oxygen atoms in total. The van der Waals surface area contributed by atoms with Gasteiger partial charge in [-0.1, -0.05) is 0 Å². The summed E-state index contributed by atoms with van der Waals surface area (Å²) in [7, 11) is 2.09. The zero-order valence-electron chi connectivity index (χ0n) is 8.73. The molecule has 0 aliphatic carbocycles. The lowest BCUT2D eigenvalue weighted by Gasteiger charge is -2.32. The molecule has 1 aromatic rings. The fourth-order valence-corrected chi connectivity index (χ4v) is 2.14. The Kier molecular flexibility index (Phi) is 2.56. The highest BCUT2D eigenvalue weighted by molar-refractivity contribution is 5.05. The van der Waals surface area contributed by atoms with E-state index in [0.717, 1.165) is 31.2 Å². The van der Waals surface area contributed by atoms with Crippen molar-refractivity contribution in [2.75, 3.05) is 20.1 Å². The monoisotopic (exact) mass is 195 g/mol. The topological polar surface area (TPSA) is 55.3 Å². The molecule has 1 saturated heterocycles. The van der Waals surface area contributed by atoms with E-state index in [0.29, 0.717) is 5.92 Å². The molecule has 0 amide bonds. The van der Waals surface area contributed by atoms with E-state index in [4.69, 9.17) is 10.2 Å². The number of piperidine rings is 1. The number of hydrogen-bond donors (Lipinski definition) is 1. The van der Waals surface area contributed by atoms with E-state index in [1.54, 1.807) is 0 Å². The largest absolute Gasteiger partial charge is 0.446 e. The van der Waals surface area contributed by atoms with Crippen molar-refractivity contribution >= 4 is 0 Å². The molecule has 1 aliphatic heterocycles. The van der Waals surface area contributed by atoms with E-state index in [1.807, 2.05) is 13.1 Å². The zero-order chi connectivity index (χ0) is 10.1. The fourth-order valence-electron chi connectivity index (χ4n) is 2.14. The Bertz CT molecular complexity index is 300. The SMILES string of the molecule is Cc1ncc(C2CC(N)CN(C)C2)o1. The van der Waals surface area contributed by atoms with E-state index in [2.05, 4.69) is 16.9 Å². The van der Waals surface area contributed by atoms with Crippen molar-refractivity contribution < 1.29 is 4.42 Å². The predicted octanol–water partition coefficient (Wildman–Crippen LogP) is 0.729. The molecule has 0 spiro atoms.